The van der Waals surface area contributed by atoms with Crippen molar-refractivity contribution >= 4 is 17.1 Å². The Morgan fingerprint density at radius 3 is 2.55 bits per heavy atom. The van der Waals surface area contributed by atoms with E-state index in [2.05, 4.69) is 30.2 Å². The van der Waals surface area contributed by atoms with Gasteiger partial charge in [0.05, 0.1) is 12.3 Å². The molecule has 0 spiro atoms. The third-order valence-corrected chi connectivity index (χ3v) is 6.16. The molecule has 3 aromatic rings. The van der Waals surface area contributed by atoms with Crippen molar-refractivity contribution in [1.29, 1.82) is 0 Å². The number of aromatic nitrogens is 4. The summed E-state index contributed by atoms with van der Waals surface area (Å²) in [5.41, 5.74) is 4.14. The average molecular weight is 417 g/mol. The molecule has 2 fully saturated rings. The number of rotatable bonds is 5. The number of hydrogen-bond acceptors (Lipinski definition) is 5. The van der Waals surface area contributed by atoms with Crippen molar-refractivity contribution in [1.82, 2.24) is 19.7 Å². The minimum atomic E-state index is -0.507. The van der Waals surface area contributed by atoms with Crippen LogP contribution in [-0.2, 0) is 7.05 Å². The SMILES string of the molecule is [C-]#[N+]c1c(NC2CC2)ccc(-c2ccc(F)nc2)c1N1CCC(c2nncn2C)CC1. The molecular formula is C23H24FN7. The summed E-state index contributed by atoms with van der Waals surface area (Å²) in [6, 6.07) is 7.55. The van der Waals surface area contributed by atoms with Gasteiger partial charge in [-0.15, -0.1) is 10.2 Å². The van der Waals surface area contributed by atoms with E-state index in [0.29, 0.717) is 17.6 Å². The van der Waals surface area contributed by atoms with Crippen LogP contribution in [0.5, 0.6) is 0 Å². The number of anilines is 2. The quantitative estimate of drug-likeness (QED) is 0.488. The van der Waals surface area contributed by atoms with Gasteiger partial charge in [-0.1, -0.05) is 6.07 Å². The molecule has 1 saturated heterocycles. The molecule has 1 aliphatic heterocycles. The number of hydrogen-bond donors (Lipinski definition) is 1. The van der Waals surface area contributed by atoms with Gasteiger partial charge in [0, 0.05) is 49.5 Å². The van der Waals surface area contributed by atoms with Crippen LogP contribution in [0.4, 0.5) is 21.5 Å². The Labute approximate surface area is 180 Å². The summed E-state index contributed by atoms with van der Waals surface area (Å²) >= 11 is 0. The Morgan fingerprint density at radius 2 is 1.94 bits per heavy atom. The van der Waals surface area contributed by atoms with E-state index >= 15 is 0 Å². The molecule has 0 amide bonds. The standard InChI is InChI=1S/C23H24FN7/c1-25-21-19(28-17-4-5-17)7-6-18(16-3-8-20(24)26-13-16)22(21)31-11-9-15(10-12-31)23-29-27-14-30(23)2/h3,6-8,13-15,17,28H,4-5,9-12H2,2H3. The Morgan fingerprint density at radius 1 is 1.13 bits per heavy atom. The van der Waals surface area contributed by atoms with Crippen LogP contribution in [0.25, 0.3) is 16.0 Å². The molecule has 31 heavy (non-hydrogen) atoms. The first-order valence-corrected chi connectivity index (χ1v) is 10.7. The summed E-state index contributed by atoms with van der Waals surface area (Å²) in [4.78, 5) is 10.1. The number of nitrogens with zero attached hydrogens (tertiary/aromatic N) is 6. The predicted molar refractivity (Wildman–Crippen MR) is 118 cm³/mol. The van der Waals surface area contributed by atoms with E-state index in [4.69, 9.17) is 6.57 Å². The van der Waals surface area contributed by atoms with Crippen LogP contribution < -0.4 is 10.2 Å². The Bertz CT molecular complexity index is 1120. The molecule has 0 atom stereocenters. The van der Waals surface area contributed by atoms with Gasteiger partial charge in [-0.25, -0.2) is 9.83 Å². The van der Waals surface area contributed by atoms with Crippen LogP contribution >= 0.6 is 0 Å². The zero-order chi connectivity index (χ0) is 21.4. The fourth-order valence-corrected chi connectivity index (χ4v) is 4.37. The van der Waals surface area contributed by atoms with E-state index in [9.17, 15) is 4.39 Å². The Kier molecular flexibility index (Phi) is 5.02. The minimum Gasteiger partial charge on any atom is -0.391 e. The van der Waals surface area contributed by atoms with E-state index in [-0.39, 0.29) is 0 Å². The summed E-state index contributed by atoms with van der Waals surface area (Å²) in [5.74, 6) is 0.855. The first-order valence-electron chi connectivity index (χ1n) is 10.7. The number of piperidine rings is 1. The first-order chi connectivity index (χ1) is 15.1. The van der Waals surface area contributed by atoms with Crippen LogP contribution in [0.15, 0.2) is 36.8 Å². The number of benzene rings is 1. The van der Waals surface area contributed by atoms with Crippen LogP contribution in [0, 0.1) is 12.5 Å². The van der Waals surface area contributed by atoms with Gasteiger partial charge in [0.1, 0.15) is 12.2 Å². The maximum Gasteiger partial charge on any atom is 0.232 e. The zero-order valence-corrected chi connectivity index (χ0v) is 17.4. The molecular weight excluding hydrogens is 393 g/mol. The zero-order valence-electron chi connectivity index (χ0n) is 17.4. The molecule has 7 nitrogen and oxygen atoms in total. The van der Waals surface area contributed by atoms with E-state index in [1.54, 1.807) is 18.6 Å². The highest BCUT2D eigenvalue weighted by molar-refractivity contribution is 5.95. The van der Waals surface area contributed by atoms with Crippen LogP contribution in [0.1, 0.15) is 37.4 Å². The van der Waals surface area contributed by atoms with Crippen LogP contribution in [-0.4, -0.2) is 38.9 Å². The summed E-state index contributed by atoms with van der Waals surface area (Å²) in [7, 11) is 1.98. The lowest BCUT2D eigenvalue weighted by Gasteiger charge is -2.35. The molecule has 1 N–H and O–H groups in total. The molecule has 1 aromatic carbocycles. The van der Waals surface area contributed by atoms with Crippen molar-refractivity contribution < 1.29 is 4.39 Å². The molecule has 0 radical (unpaired) electrons. The van der Waals surface area contributed by atoms with Gasteiger partial charge in [-0.2, -0.15) is 4.39 Å². The van der Waals surface area contributed by atoms with Gasteiger partial charge < -0.3 is 14.8 Å². The lowest BCUT2D eigenvalue weighted by atomic mass is 9.93. The largest absolute Gasteiger partial charge is 0.391 e. The second-order valence-corrected chi connectivity index (χ2v) is 8.32. The molecule has 1 saturated carbocycles. The highest BCUT2D eigenvalue weighted by atomic mass is 19.1. The third kappa shape index (κ3) is 3.83. The molecule has 3 heterocycles. The van der Waals surface area contributed by atoms with Gasteiger partial charge in [0.15, 0.2) is 0 Å². The molecule has 5 rings (SSSR count). The molecule has 0 bridgehead atoms. The minimum absolute atomic E-state index is 0.351. The van der Waals surface area contributed by atoms with E-state index in [1.807, 2.05) is 23.7 Å². The van der Waals surface area contributed by atoms with Gasteiger partial charge in [-0.05, 0) is 49.4 Å². The van der Waals surface area contributed by atoms with Crippen molar-refractivity contribution in [2.75, 3.05) is 23.3 Å². The number of pyridine rings is 1. The van der Waals surface area contributed by atoms with E-state index < -0.39 is 5.95 Å². The summed E-state index contributed by atoms with van der Waals surface area (Å²) in [6.07, 6.45) is 7.43. The summed E-state index contributed by atoms with van der Waals surface area (Å²) in [6.45, 7) is 9.57. The monoisotopic (exact) mass is 417 g/mol. The van der Waals surface area contributed by atoms with Crippen molar-refractivity contribution in [3.63, 3.8) is 0 Å². The first kappa shape index (κ1) is 19.5. The predicted octanol–water partition coefficient (Wildman–Crippen LogP) is 4.53. The lowest BCUT2D eigenvalue weighted by molar-refractivity contribution is 0.474. The fraction of sp³-hybridized carbons (Fsp3) is 0.391. The molecule has 2 aromatic heterocycles. The van der Waals surface area contributed by atoms with Crippen molar-refractivity contribution in [3.05, 3.63) is 60.0 Å². The summed E-state index contributed by atoms with van der Waals surface area (Å²) in [5, 5.41) is 11.8. The van der Waals surface area contributed by atoms with Crippen LogP contribution in [0.2, 0.25) is 0 Å². The van der Waals surface area contributed by atoms with Gasteiger partial charge in [0.25, 0.3) is 0 Å². The second-order valence-electron chi connectivity index (χ2n) is 8.32. The number of aryl methyl sites for hydroxylation is 1. The highest BCUT2D eigenvalue weighted by Gasteiger charge is 2.29. The van der Waals surface area contributed by atoms with E-state index in [0.717, 1.165) is 67.1 Å². The topological polar surface area (TPSA) is 63.2 Å². The van der Waals surface area contributed by atoms with Gasteiger partial charge in [0.2, 0.25) is 11.6 Å². The maximum absolute atomic E-state index is 13.4. The fourth-order valence-electron chi connectivity index (χ4n) is 4.37. The van der Waals surface area contributed by atoms with E-state index in [1.165, 1.54) is 6.07 Å². The third-order valence-electron chi connectivity index (χ3n) is 6.16. The maximum atomic E-state index is 13.4. The molecule has 1 aliphatic carbocycles. The number of nitrogens with one attached hydrogen (secondary N) is 1. The smallest absolute Gasteiger partial charge is 0.232 e. The van der Waals surface area contributed by atoms with Crippen molar-refractivity contribution in [2.24, 2.45) is 7.05 Å². The molecule has 158 valence electrons. The van der Waals surface area contributed by atoms with Gasteiger partial charge in [-0.3, -0.25) is 0 Å². The van der Waals surface area contributed by atoms with Crippen LogP contribution in [0.3, 0.4) is 0 Å². The number of halogens is 1. The lowest BCUT2D eigenvalue weighted by Crippen LogP contribution is -2.34. The highest BCUT2D eigenvalue weighted by Crippen LogP contribution is 2.46. The van der Waals surface area contributed by atoms with Crippen molar-refractivity contribution in [3.8, 4) is 11.1 Å². The molecule has 0 unspecified atom stereocenters. The molecule has 8 heteroatoms. The Hall–Kier alpha value is -3.47. The average Bonchev–Trinajstić information content (AvgIpc) is 3.51. The second kappa shape index (κ2) is 7.99. The Balaban J connectivity index is 1.51. The summed E-state index contributed by atoms with van der Waals surface area (Å²) < 4.78 is 15.4. The van der Waals surface area contributed by atoms with Crippen molar-refractivity contribution in [2.45, 2.75) is 37.6 Å². The molecule has 2 aliphatic rings. The van der Waals surface area contributed by atoms with Gasteiger partial charge >= 0.3 is 0 Å². The normalized spacial score (nSPS) is 16.9.